The quantitative estimate of drug-likeness (QED) is 0.646. The molecule has 36 heavy (non-hydrogen) atoms. The number of para-hydroxylation sites is 1. The second-order valence-electron chi connectivity index (χ2n) is 10.4. The maximum absolute atomic E-state index is 13.5. The summed E-state index contributed by atoms with van der Waals surface area (Å²) in [4.78, 5) is 55.9. The summed E-state index contributed by atoms with van der Waals surface area (Å²) in [6, 6.07) is 6.38. The van der Waals surface area contributed by atoms with E-state index in [0.29, 0.717) is 37.1 Å². The summed E-state index contributed by atoms with van der Waals surface area (Å²) in [5.41, 5.74) is 2.89. The highest BCUT2D eigenvalue weighted by atomic mass is 16.6. The molecule has 0 spiro atoms. The highest BCUT2D eigenvalue weighted by Gasteiger charge is 2.46. The van der Waals surface area contributed by atoms with Crippen molar-refractivity contribution in [2.24, 2.45) is 0 Å². The molecule has 11 nitrogen and oxygen atoms in total. The molecule has 3 heterocycles. The molecule has 2 saturated heterocycles. The molecule has 0 aromatic heterocycles. The number of alkyl carbamates (subject to hydrolysis) is 1. The zero-order valence-corrected chi connectivity index (χ0v) is 21.0. The van der Waals surface area contributed by atoms with Crippen molar-refractivity contribution >= 4 is 29.5 Å². The molecule has 3 aliphatic heterocycles. The number of anilines is 1. The van der Waals surface area contributed by atoms with Gasteiger partial charge in [-0.3, -0.25) is 19.8 Å². The van der Waals surface area contributed by atoms with Gasteiger partial charge in [0.25, 0.3) is 5.91 Å². The van der Waals surface area contributed by atoms with Gasteiger partial charge < -0.3 is 19.9 Å². The molecule has 3 aliphatic rings. The number of fused-ring (bicyclic) bond motifs is 4. The number of hydrogen-bond donors (Lipinski definition) is 2. The van der Waals surface area contributed by atoms with Gasteiger partial charge in [-0.1, -0.05) is 12.1 Å². The van der Waals surface area contributed by atoms with Crippen LogP contribution in [-0.2, 0) is 14.3 Å². The van der Waals surface area contributed by atoms with Crippen LogP contribution in [0.2, 0.25) is 0 Å². The lowest BCUT2D eigenvalue weighted by Crippen LogP contribution is -2.61. The fraction of sp³-hybridized carbons (Fsp3) is 0.560. The van der Waals surface area contributed by atoms with Gasteiger partial charge in [-0.05, 0) is 59.1 Å². The van der Waals surface area contributed by atoms with Crippen LogP contribution >= 0.6 is 0 Å². The van der Waals surface area contributed by atoms with E-state index in [4.69, 9.17) is 4.74 Å². The van der Waals surface area contributed by atoms with Crippen molar-refractivity contribution in [3.63, 3.8) is 0 Å². The number of nitrogens with zero attached hydrogens (tertiary/aromatic N) is 4. The predicted molar refractivity (Wildman–Crippen MR) is 129 cm³/mol. The second kappa shape index (κ2) is 9.78. The van der Waals surface area contributed by atoms with Gasteiger partial charge in [0.2, 0.25) is 11.8 Å². The van der Waals surface area contributed by atoms with Gasteiger partial charge in [-0.15, -0.1) is 0 Å². The van der Waals surface area contributed by atoms with Gasteiger partial charge >= 0.3 is 6.09 Å². The van der Waals surface area contributed by atoms with E-state index in [2.05, 4.69) is 16.8 Å². The van der Waals surface area contributed by atoms with Crippen LogP contribution in [0.3, 0.4) is 0 Å². The molecule has 2 fully saturated rings. The van der Waals surface area contributed by atoms with E-state index in [9.17, 15) is 24.4 Å². The maximum atomic E-state index is 13.5. The molecule has 2 bridgehead atoms. The molecule has 11 heteroatoms. The zero-order valence-electron chi connectivity index (χ0n) is 21.0. The molecule has 4 atom stereocenters. The van der Waals surface area contributed by atoms with Crippen LogP contribution in [0.5, 0.6) is 0 Å². The molecular formula is C25H32N6O5. The first kappa shape index (κ1) is 25.4. The molecule has 0 saturated carbocycles. The Morgan fingerprint density at radius 1 is 1.28 bits per heavy atom. The number of amides is 4. The van der Waals surface area contributed by atoms with Crippen molar-refractivity contribution in [1.82, 2.24) is 20.7 Å². The molecule has 192 valence electrons. The first-order valence-corrected chi connectivity index (χ1v) is 12.2. The van der Waals surface area contributed by atoms with Crippen LogP contribution < -0.4 is 15.6 Å². The monoisotopic (exact) mass is 496 g/mol. The van der Waals surface area contributed by atoms with Crippen molar-refractivity contribution < 1.29 is 23.9 Å². The molecule has 2 N–H and O–H groups in total. The van der Waals surface area contributed by atoms with E-state index in [1.54, 1.807) is 49.9 Å². The van der Waals surface area contributed by atoms with E-state index in [0.717, 1.165) is 0 Å². The first-order chi connectivity index (χ1) is 17.0. The summed E-state index contributed by atoms with van der Waals surface area (Å²) in [7, 11) is 0. The summed E-state index contributed by atoms with van der Waals surface area (Å²) < 4.78 is 5.37. The SMILES string of the molecule is C[C@@H]1CC2C(=O)N1c1ccccc1C(=O)NN2CC(NC(=O)OC(C)(C)C)C(=O)N1CCCC1C#N. The number of hydrazine groups is 1. The number of benzene rings is 1. The number of carbonyl (C=O) groups excluding carboxylic acids is 4. The van der Waals surface area contributed by atoms with Crippen LogP contribution in [0.1, 0.15) is 57.3 Å². The van der Waals surface area contributed by atoms with Crippen molar-refractivity contribution in [3.8, 4) is 6.07 Å². The summed E-state index contributed by atoms with van der Waals surface area (Å²) in [5.74, 6) is -1.08. The molecule has 0 aliphatic carbocycles. The van der Waals surface area contributed by atoms with Crippen LogP contribution in [0.4, 0.5) is 10.5 Å². The van der Waals surface area contributed by atoms with Gasteiger partial charge in [0, 0.05) is 19.1 Å². The van der Waals surface area contributed by atoms with Gasteiger partial charge in [0.1, 0.15) is 23.7 Å². The first-order valence-electron chi connectivity index (χ1n) is 12.2. The Hall–Kier alpha value is -3.65. The average Bonchev–Trinajstić information content (AvgIpc) is 3.40. The molecule has 1 aromatic carbocycles. The predicted octanol–water partition coefficient (Wildman–Crippen LogP) is 1.55. The average molecular weight is 497 g/mol. The maximum Gasteiger partial charge on any atom is 0.408 e. The zero-order chi connectivity index (χ0) is 26.2. The lowest BCUT2D eigenvalue weighted by molar-refractivity contribution is -0.135. The smallest absolute Gasteiger partial charge is 0.408 e. The van der Waals surface area contributed by atoms with Gasteiger partial charge in [0.15, 0.2) is 0 Å². The highest BCUT2D eigenvalue weighted by Crippen LogP contribution is 2.33. The third kappa shape index (κ3) is 4.99. The lowest BCUT2D eigenvalue weighted by atomic mass is 10.1. The number of nitriles is 1. The topological polar surface area (TPSA) is 135 Å². The minimum absolute atomic E-state index is 0.169. The lowest BCUT2D eigenvalue weighted by Gasteiger charge is -2.35. The van der Waals surface area contributed by atoms with Gasteiger partial charge in [-0.2, -0.15) is 5.26 Å². The Morgan fingerprint density at radius 3 is 2.69 bits per heavy atom. The largest absolute Gasteiger partial charge is 0.444 e. The van der Waals surface area contributed by atoms with Crippen molar-refractivity contribution in [3.05, 3.63) is 29.8 Å². The van der Waals surface area contributed by atoms with Crippen LogP contribution in [0.25, 0.3) is 0 Å². The number of ether oxygens (including phenoxy) is 1. The summed E-state index contributed by atoms with van der Waals surface area (Å²) >= 11 is 0. The molecule has 4 amide bonds. The summed E-state index contributed by atoms with van der Waals surface area (Å²) in [5, 5.41) is 13.6. The number of carbonyl (C=O) groups is 4. The van der Waals surface area contributed by atoms with E-state index >= 15 is 0 Å². The van der Waals surface area contributed by atoms with E-state index in [1.807, 2.05) is 6.92 Å². The fourth-order valence-electron chi connectivity index (χ4n) is 5.04. The molecule has 3 unspecified atom stereocenters. The number of hydrogen-bond acceptors (Lipinski definition) is 7. The summed E-state index contributed by atoms with van der Waals surface area (Å²) in [6.07, 6.45) is 0.843. The van der Waals surface area contributed by atoms with Gasteiger partial charge in [0.05, 0.1) is 17.3 Å². The second-order valence-corrected chi connectivity index (χ2v) is 10.4. The van der Waals surface area contributed by atoms with E-state index in [-0.39, 0.29) is 18.5 Å². The third-order valence-electron chi connectivity index (χ3n) is 6.61. The minimum atomic E-state index is -1.15. The third-order valence-corrected chi connectivity index (χ3v) is 6.61. The normalized spacial score (nSPS) is 24.8. The molecule has 1 aromatic rings. The van der Waals surface area contributed by atoms with Crippen LogP contribution in [0, 0.1) is 11.3 Å². The van der Waals surface area contributed by atoms with E-state index < -0.39 is 41.6 Å². The number of likely N-dealkylation sites (tertiary alicyclic amines) is 1. The Bertz CT molecular complexity index is 1110. The Morgan fingerprint density at radius 2 is 2.00 bits per heavy atom. The number of rotatable bonds is 4. The van der Waals surface area contributed by atoms with Crippen LogP contribution in [0.15, 0.2) is 24.3 Å². The summed E-state index contributed by atoms with van der Waals surface area (Å²) in [6.45, 7) is 7.25. The molecule has 4 rings (SSSR count). The standard InChI is InChI=1S/C25H32N6O5/c1-15-12-20-23(34)31(15)19-10-6-5-9-17(19)21(32)28-30(20)14-18(27-24(35)36-25(2,3)4)22(33)29-11-7-8-16(29)13-26/h5-6,9-10,15-16,18,20H,7-8,11-12,14H2,1-4H3,(H,27,35)(H,28,32)/t15-,16?,18?,20?/m1/s1. The Kier molecular flexibility index (Phi) is 6.91. The van der Waals surface area contributed by atoms with Crippen molar-refractivity contribution in [2.75, 3.05) is 18.0 Å². The molecular weight excluding hydrogens is 464 g/mol. The number of nitrogens with one attached hydrogen (secondary N) is 2. The van der Waals surface area contributed by atoms with Crippen molar-refractivity contribution in [1.29, 1.82) is 5.26 Å². The Balaban J connectivity index is 1.64. The fourth-order valence-corrected chi connectivity index (χ4v) is 5.04. The minimum Gasteiger partial charge on any atom is -0.444 e. The molecule has 0 radical (unpaired) electrons. The van der Waals surface area contributed by atoms with Gasteiger partial charge in [-0.25, -0.2) is 9.80 Å². The highest BCUT2D eigenvalue weighted by molar-refractivity contribution is 6.08. The van der Waals surface area contributed by atoms with E-state index in [1.165, 1.54) is 9.91 Å². The Labute approximate surface area is 210 Å². The van der Waals surface area contributed by atoms with Crippen LogP contribution in [-0.4, -0.2) is 76.6 Å². The van der Waals surface area contributed by atoms with Crippen molar-refractivity contribution in [2.45, 2.75) is 76.7 Å².